The number of amides is 1. The molecule has 4 heteroatoms. The van der Waals surface area contributed by atoms with Crippen molar-refractivity contribution in [2.75, 3.05) is 26.2 Å². The van der Waals surface area contributed by atoms with Gasteiger partial charge in [0, 0.05) is 13.1 Å². The summed E-state index contributed by atoms with van der Waals surface area (Å²) in [5.41, 5.74) is 1.18. The smallest absolute Gasteiger partial charge is 0.257 e. The number of nitrogens with zero attached hydrogens (tertiary/aromatic N) is 1. The molecule has 0 unspecified atom stereocenters. The van der Waals surface area contributed by atoms with Crippen LogP contribution in [-0.2, 0) is 0 Å². The number of benzene rings is 1. The topological polar surface area (TPSA) is 52.6 Å². The highest BCUT2D eigenvalue weighted by atomic mass is 16.3. The fourth-order valence-corrected chi connectivity index (χ4v) is 2.92. The normalized spacial score (nSPS) is 15.9. The highest BCUT2D eigenvalue weighted by Crippen LogP contribution is 2.24. The van der Waals surface area contributed by atoms with E-state index >= 15 is 0 Å². The van der Waals surface area contributed by atoms with E-state index in [0.717, 1.165) is 51.0 Å². The van der Waals surface area contributed by atoms with Crippen molar-refractivity contribution in [2.24, 2.45) is 5.92 Å². The number of aryl methyl sites for hydroxylation is 1. The van der Waals surface area contributed by atoms with E-state index in [9.17, 15) is 9.90 Å². The van der Waals surface area contributed by atoms with E-state index in [0.29, 0.717) is 11.5 Å². The number of phenols is 1. The Labute approximate surface area is 127 Å². The first-order valence-corrected chi connectivity index (χ1v) is 7.92. The van der Waals surface area contributed by atoms with Gasteiger partial charge in [0.2, 0.25) is 0 Å². The number of piperidine rings is 1. The van der Waals surface area contributed by atoms with Gasteiger partial charge < -0.3 is 15.3 Å². The summed E-state index contributed by atoms with van der Waals surface area (Å²) < 4.78 is 0. The fourth-order valence-electron chi connectivity index (χ4n) is 2.92. The summed E-state index contributed by atoms with van der Waals surface area (Å²) in [6.07, 6.45) is 3.17. The molecule has 0 aliphatic carbocycles. The SMILES string of the molecule is CCCN(CC1CCNCC1)C(=O)c1cccc(C)c1O. The van der Waals surface area contributed by atoms with E-state index in [1.807, 2.05) is 24.0 Å². The lowest BCUT2D eigenvalue weighted by atomic mass is 9.97. The van der Waals surface area contributed by atoms with Crippen LogP contribution in [0.15, 0.2) is 18.2 Å². The average molecular weight is 290 g/mol. The van der Waals surface area contributed by atoms with Gasteiger partial charge in [-0.1, -0.05) is 19.1 Å². The third-order valence-electron chi connectivity index (χ3n) is 4.19. The third-order valence-corrected chi connectivity index (χ3v) is 4.19. The standard InChI is InChI=1S/C17H26N2O2/c1-3-11-19(12-14-7-9-18-10-8-14)17(21)15-6-4-5-13(2)16(15)20/h4-6,14,18,20H,3,7-12H2,1-2H3. The zero-order valence-electron chi connectivity index (χ0n) is 13.1. The van der Waals surface area contributed by atoms with Crippen LogP contribution >= 0.6 is 0 Å². The first-order chi connectivity index (χ1) is 10.1. The van der Waals surface area contributed by atoms with Gasteiger partial charge >= 0.3 is 0 Å². The van der Waals surface area contributed by atoms with Crippen molar-refractivity contribution in [1.29, 1.82) is 0 Å². The molecule has 1 aliphatic heterocycles. The van der Waals surface area contributed by atoms with E-state index in [1.165, 1.54) is 0 Å². The van der Waals surface area contributed by atoms with Crippen LogP contribution in [0.4, 0.5) is 0 Å². The monoisotopic (exact) mass is 290 g/mol. The van der Waals surface area contributed by atoms with Gasteiger partial charge in [0.1, 0.15) is 5.75 Å². The van der Waals surface area contributed by atoms with Gasteiger partial charge in [0.25, 0.3) is 5.91 Å². The summed E-state index contributed by atoms with van der Waals surface area (Å²) >= 11 is 0. The van der Waals surface area contributed by atoms with E-state index in [1.54, 1.807) is 6.07 Å². The Bertz CT molecular complexity index is 482. The molecular formula is C17H26N2O2. The quantitative estimate of drug-likeness (QED) is 0.876. The van der Waals surface area contributed by atoms with Crippen LogP contribution in [0, 0.1) is 12.8 Å². The highest BCUT2D eigenvalue weighted by Gasteiger charge is 2.23. The molecule has 116 valence electrons. The molecule has 1 aromatic carbocycles. The Balaban J connectivity index is 2.12. The van der Waals surface area contributed by atoms with E-state index in [2.05, 4.69) is 12.2 Å². The molecule has 0 aromatic heterocycles. The molecule has 2 rings (SSSR count). The van der Waals surface area contributed by atoms with Crippen LogP contribution < -0.4 is 5.32 Å². The molecule has 1 heterocycles. The number of aromatic hydroxyl groups is 1. The first-order valence-electron chi connectivity index (χ1n) is 7.92. The van der Waals surface area contributed by atoms with Gasteiger partial charge in [-0.3, -0.25) is 4.79 Å². The van der Waals surface area contributed by atoms with Gasteiger partial charge in [-0.05, 0) is 56.8 Å². The molecule has 1 aliphatic rings. The largest absolute Gasteiger partial charge is 0.507 e. The zero-order chi connectivity index (χ0) is 15.2. The summed E-state index contributed by atoms with van der Waals surface area (Å²) in [5.74, 6) is 0.638. The minimum absolute atomic E-state index is 0.0448. The van der Waals surface area contributed by atoms with Crippen LogP contribution in [-0.4, -0.2) is 42.1 Å². The maximum atomic E-state index is 12.7. The van der Waals surface area contributed by atoms with E-state index < -0.39 is 0 Å². The number of para-hydroxylation sites is 1. The molecule has 0 spiro atoms. The number of hydrogen-bond acceptors (Lipinski definition) is 3. The maximum Gasteiger partial charge on any atom is 0.257 e. The van der Waals surface area contributed by atoms with Crippen LogP contribution in [0.2, 0.25) is 0 Å². The number of hydrogen-bond donors (Lipinski definition) is 2. The van der Waals surface area contributed by atoms with Crippen molar-refractivity contribution >= 4 is 5.91 Å². The molecule has 1 fully saturated rings. The van der Waals surface area contributed by atoms with Crippen LogP contribution in [0.5, 0.6) is 5.75 Å². The fraction of sp³-hybridized carbons (Fsp3) is 0.588. The summed E-state index contributed by atoms with van der Waals surface area (Å²) in [6, 6.07) is 5.37. The summed E-state index contributed by atoms with van der Waals surface area (Å²) in [6.45, 7) is 7.52. The second-order valence-electron chi connectivity index (χ2n) is 5.92. The average Bonchev–Trinajstić information content (AvgIpc) is 2.50. The number of carbonyl (C=O) groups excluding carboxylic acids is 1. The molecule has 0 radical (unpaired) electrons. The van der Waals surface area contributed by atoms with E-state index in [4.69, 9.17) is 0 Å². The van der Waals surface area contributed by atoms with Crippen LogP contribution in [0.1, 0.15) is 42.1 Å². The van der Waals surface area contributed by atoms with Crippen molar-refractivity contribution < 1.29 is 9.90 Å². The minimum Gasteiger partial charge on any atom is -0.507 e. The minimum atomic E-state index is -0.0448. The maximum absolute atomic E-state index is 12.7. The molecule has 2 N–H and O–H groups in total. The van der Waals surface area contributed by atoms with Gasteiger partial charge in [-0.25, -0.2) is 0 Å². The number of carbonyl (C=O) groups is 1. The Kier molecular flexibility index (Phi) is 5.62. The van der Waals surface area contributed by atoms with Crippen molar-refractivity contribution in [3.8, 4) is 5.75 Å². The Hall–Kier alpha value is -1.55. The Morgan fingerprint density at radius 3 is 2.76 bits per heavy atom. The van der Waals surface area contributed by atoms with Crippen molar-refractivity contribution in [3.63, 3.8) is 0 Å². The predicted octanol–water partition coefficient (Wildman–Crippen LogP) is 2.55. The lowest BCUT2D eigenvalue weighted by molar-refractivity contribution is 0.0713. The molecule has 1 amide bonds. The zero-order valence-corrected chi connectivity index (χ0v) is 13.1. The molecular weight excluding hydrogens is 264 g/mol. The molecule has 1 aromatic rings. The van der Waals surface area contributed by atoms with Gasteiger partial charge in [-0.15, -0.1) is 0 Å². The number of phenolic OH excluding ortho intramolecular Hbond substituents is 1. The van der Waals surface area contributed by atoms with Gasteiger partial charge in [-0.2, -0.15) is 0 Å². The molecule has 4 nitrogen and oxygen atoms in total. The number of nitrogens with one attached hydrogen (secondary N) is 1. The van der Waals surface area contributed by atoms with Crippen molar-refractivity contribution in [1.82, 2.24) is 10.2 Å². The number of rotatable bonds is 5. The van der Waals surface area contributed by atoms with E-state index in [-0.39, 0.29) is 11.7 Å². The van der Waals surface area contributed by atoms with Crippen LogP contribution in [0.25, 0.3) is 0 Å². The first kappa shape index (κ1) is 15.8. The second-order valence-corrected chi connectivity index (χ2v) is 5.92. The van der Waals surface area contributed by atoms with Crippen LogP contribution in [0.3, 0.4) is 0 Å². The lowest BCUT2D eigenvalue weighted by Crippen LogP contribution is -2.39. The lowest BCUT2D eigenvalue weighted by Gasteiger charge is -2.30. The Morgan fingerprint density at radius 2 is 2.10 bits per heavy atom. The molecule has 0 atom stereocenters. The third kappa shape index (κ3) is 3.97. The second kappa shape index (κ2) is 7.46. The predicted molar refractivity (Wildman–Crippen MR) is 84.6 cm³/mol. The summed E-state index contributed by atoms with van der Waals surface area (Å²) in [7, 11) is 0. The molecule has 0 bridgehead atoms. The van der Waals surface area contributed by atoms with Gasteiger partial charge in [0.05, 0.1) is 5.56 Å². The van der Waals surface area contributed by atoms with Crippen molar-refractivity contribution in [3.05, 3.63) is 29.3 Å². The summed E-state index contributed by atoms with van der Waals surface area (Å²) in [5, 5.41) is 13.5. The molecule has 1 saturated heterocycles. The molecule has 0 saturated carbocycles. The summed E-state index contributed by atoms with van der Waals surface area (Å²) in [4.78, 5) is 14.6. The van der Waals surface area contributed by atoms with Crippen molar-refractivity contribution in [2.45, 2.75) is 33.1 Å². The van der Waals surface area contributed by atoms with Gasteiger partial charge in [0.15, 0.2) is 0 Å². The molecule has 21 heavy (non-hydrogen) atoms. The Morgan fingerprint density at radius 1 is 1.38 bits per heavy atom. The highest BCUT2D eigenvalue weighted by molar-refractivity contribution is 5.97.